The fourth-order valence-electron chi connectivity index (χ4n) is 4.93. The Morgan fingerprint density at radius 2 is 1.69 bits per heavy atom. The summed E-state index contributed by atoms with van der Waals surface area (Å²) in [5, 5.41) is 13.8. The van der Waals surface area contributed by atoms with Crippen molar-refractivity contribution in [2.75, 3.05) is 0 Å². The lowest BCUT2D eigenvalue weighted by Crippen LogP contribution is -2.48. The fourth-order valence-corrected chi connectivity index (χ4v) is 4.93. The Morgan fingerprint density at radius 3 is 2.28 bits per heavy atom. The molecule has 1 aliphatic heterocycles. The lowest BCUT2D eigenvalue weighted by molar-refractivity contribution is -0.184. The molecule has 4 rings (SSSR count). The van der Waals surface area contributed by atoms with Crippen LogP contribution >= 0.6 is 0 Å². The van der Waals surface area contributed by atoms with Gasteiger partial charge in [-0.15, -0.1) is 0 Å². The normalized spacial score (nSPS) is 23.7. The van der Waals surface area contributed by atoms with Gasteiger partial charge in [-0.1, -0.05) is 18.2 Å². The van der Waals surface area contributed by atoms with E-state index in [2.05, 4.69) is 5.32 Å². The van der Waals surface area contributed by atoms with E-state index in [0.717, 1.165) is 12.1 Å². The van der Waals surface area contributed by atoms with Crippen molar-refractivity contribution >= 4 is 11.5 Å². The Bertz CT molecular complexity index is 1130. The highest BCUT2D eigenvalue weighted by molar-refractivity contribution is 6.24. The van der Waals surface area contributed by atoms with Crippen molar-refractivity contribution in [2.24, 2.45) is 5.92 Å². The highest BCUT2D eigenvalue weighted by Gasteiger charge is 2.52. The molecule has 2 N–H and O–H groups in total. The molecule has 2 aliphatic rings. The predicted octanol–water partition coefficient (Wildman–Crippen LogP) is 6.14. The minimum Gasteiger partial charge on any atom is -0.509 e. The summed E-state index contributed by atoms with van der Waals surface area (Å²) < 4.78 is 66.4. The third kappa shape index (κ3) is 3.55. The first-order valence-electron chi connectivity index (χ1n) is 10.3. The van der Waals surface area contributed by atoms with Gasteiger partial charge in [0.25, 0.3) is 5.91 Å². The second kappa shape index (κ2) is 7.60. The first-order valence-corrected chi connectivity index (χ1v) is 10.3. The zero-order chi connectivity index (χ0) is 23.4. The zero-order valence-electron chi connectivity index (χ0n) is 17.5. The highest BCUT2D eigenvalue weighted by Crippen LogP contribution is 2.48. The molecule has 1 spiro atoms. The van der Waals surface area contributed by atoms with E-state index in [-0.39, 0.29) is 37.0 Å². The third-order valence-electron chi connectivity index (χ3n) is 6.73. The van der Waals surface area contributed by atoms with E-state index >= 15 is 0 Å². The van der Waals surface area contributed by atoms with Crippen LogP contribution in [-0.4, -0.2) is 22.7 Å². The molecule has 0 bridgehead atoms. The number of aliphatic hydroxyl groups is 1. The SMILES string of the molecule is Cc1ccc(-c2ccc(F)c(F)c2)c(C)c1C1=C(O)[C@]2(CC[C@H](C(F)(F)F)CC2)NC1=O. The molecule has 0 aromatic heterocycles. The van der Waals surface area contributed by atoms with Gasteiger partial charge < -0.3 is 10.4 Å². The number of nitrogens with one attached hydrogen (secondary N) is 1. The standard InChI is InChI=1S/C24H22F5NO2/c1-12-3-5-16(14-4-6-17(25)18(26)11-14)13(2)19(12)20-21(31)23(30-22(20)32)9-7-15(8-10-23)24(27,28)29/h3-6,11,15,31H,7-10H2,1-2H3,(H,30,32)/t15-,23+. The van der Waals surface area contributed by atoms with Crippen LogP contribution in [0.25, 0.3) is 16.7 Å². The molecule has 1 heterocycles. The van der Waals surface area contributed by atoms with Gasteiger partial charge in [0, 0.05) is 0 Å². The molecular formula is C24H22F5NO2. The van der Waals surface area contributed by atoms with E-state index < -0.39 is 35.2 Å². The van der Waals surface area contributed by atoms with Crippen LogP contribution in [0.2, 0.25) is 0 Å². The van der Waals surface area contributed by atoms with Crippen LogP contribution in [0.15, 0.2) is 36.1 Å². The number of amides is 1. The Kier molecular flexibility index (Phi) is 5.30. The van der Waals surface area contributed by atoms with E-state index in [9.17, 15) is 31.9 Å². The lowest BCUT2D eigenvalue weighted by atomic mass is 9.75. The zero-order valence-corrected chi connectivity index (χ0v) is 17.5. The maximum atomic E-state index is 13.8. The summed E-state index contributed by atoms with van der Waals surface area (Å²) in [7, 11) is 0. The molecule has 1 aliphatic carbocycles. The number of rotatable bonds is 2. The van der Waals surface area contributed by atoms with Crippen molar-refractivity contribution in [3.63, 3.8) is 0 Å². The molecule has 1 saturated carbocycles. The van der Waals surface area contributed by atoms with Crippen LogP contribution in [0.4, 0.5) is 22.0 Å². The minimum absolute atomic E-state index is 0.0147. The van der Waals surface area contributed by atoms with Crippen LogP contribution in [0.5, 0.6) is 0 Å². The first-order chi connectivity index (χ1) is 14.9. The van der Waals surface area contributed by atoms with Gasteiger partial charge in [0.1, 0.15) is 5.76 Å². The van der Waals surface area contributed by atoms with E-state index in [4.69, 9.17) is 0 Å². The quantitative estimate of drug-likeness (QED) is 0.539. The summed E-state index contributed by atoms with van der Waals surface area (Å²) in [4.78, 5) is 12.9. The third-order valence-corrected chi connectivity index (χ3v) is 6.73. The number of hydrogen-bond donors (Lipinski definition) is 2. The van der Waals surface area contributed by atoms with Crippen molar-refractivity contribution in [3.05, 3.63) is 64.4 Å². The molecule has 0 saturated heterocycles. The van der Waals surface area contributed by atoms with Gasteiger partial charge in [0.15, 0.2) is 11.6 Å². The lowest BCUT2D eigenvalue weighted by Gasteiger charge is -2.37. The predicted molar refractivity (Wildman–Crippen MR) is 110 cm³/mol. The molecule has 1 amide bonds. The van der Waals surface area contributed by atoms with Gasteiger partial charge >= 0.3 is 6.18 Å². The van der Waals surface area contributed by atoms with Crippen LogP contribution in [0, 0.1) is 31.4 Å². The van der Waals surface area contributed by atoms with Gasteiger partial charge in [0.05, 0.1) is 17.0 Å². The molecule has 1 fully saturated rings. The molecule has 0 radical (unpaired) electrons. The second-order valence-corrected chi connectivity index (χ2v) is 8.63. The van der Waals surface area contributed by atoms with Crippen molar-refractivity contribution in [3.8, 4) is 11.1 Å². The number of benzene rings is 2. The van der Waals surface area contributed by atoms with Crippen LogP contribution in [0.3, 0.4) is 0 Å². The average molecular weight is 451 g/mol. The van der Waals surface area contributed by atoms with Gasteiger partial charge in [-0.2, -0.15) is 13.2 Å². The number of carbonyl (C=O) groups excluding carboxylic acids is 1. The van der Waals surface area contributed by atoms with Crippen LogP contribution in [0.1, 0.15) is 42.4 Å². The number of halogens is 5. The molecular weight excluding hydrogens is 429 g/mol. The number of aliphatic hydroxyl groups excluding tert-OH is 1. The number of carbonyl (C=O) groups is 1. The highest BCUT2D eigenvalue weighted by atomic mass is 19.4. The average Bonchev–Trinajstić information content (AvgIpc) is 2.94. The Labute approximate surface area is 181 Å². The topological polar surface area (TPSA) is 49.3 Å². The van der Waals surface area contributed by atoms with E-state index in [1.807, 2.05) is 0 Å². The summed E-state index contributed by atoms with van der Waals surface area (Å²) in [6.45, 7) is 3.45. The summed E-state index contributed by atoms with van der Waals surface area (Å²) in [6.07, 6.45) is -4.71. The van der Waals surface area contributed by atoms with Crippen molar-refractivity contribution in [2.45, 2.75) is 51.2 Å². The summed E-state index contributed by atoms with van der Waals surface area (Å²) in [5.74, 6) is -4.25. The van der Waals surface area contributed by atoms with Crippen molar-refractivity contribution in [1.82, 2.24) is 5.32 Å². The Balaban J connectivity index is 1.78. The van der Waals surface area contributed by atoms with E-state index in [0.29, 0.717) is 27.8 Å². The number of alkyl halides is 3. The Hall–Kier alpha value is -2.90. The fraction of sp³-hybridized carbons (Fsp3) is 0.375. The largest absolute Gasteiger partial charge is 0.509 e. The summed E-state index contributed by atoms with van der Waals surface area (Å²) >= 11 is 0. The maximum absolute atomic E-state index is 13.8. The van der Waals surface area contributed by atoms with E-state index in [1.54, 1.807) is 26.0 Å². The van der Waals surface area contributed by atoms with Crippen molar-refractivity contribution < 1.29 is 31.9 Å². The Morgan fingerprint density at radius 1 is 1.03 bits per heavy atom. The van der Waals surface area contributed by atoms with Crippen LogP contribution in [-0.2, 0) is 4.79 Å². The molecule has 170 valence electrons. The van der Waals surface area contributed by atoms with Gasteiger partial charge in [0.2, 0.25) is 0 Å². The molecule has 0 atom stereocenters. The van der Waals surface area contributed by atoms with Gasteiger partial charge in [-0.3, -0.25) is 4.79 Å². The molecule has 2 aromatic rings. The number of aryl methyl sites for hydroxylation is 1. The first kappa shape index (κ1) is 22.3. The minimum atomic E-state index is -4.31. The molecule has 8 heteroatoms. The van der Waals surface area contributed by atoms with Crippen LogP contribution < -0.4 is 5.32 Å². The maximum Gasteiger partial charge on any atom is 0.391 e. The summed E-state index contributed by atoms with van der Waals surface area (Å²) in [6, 6.07) is 6.91. The molecule has 32 heavy (non-hydrogen) atoms. The van der Waals surface area contributed by atoms with E-state index in [1.165, 1.54) is 6.07 Å². The van der Waals surface area contributed by atoms with Gasteiger partial charge in [-0.05, 0) is 79.5 Å². The summed E-state index contributed by atoms with van der Waals surface area (Å²) in [5.41, 5.74) is 1.46. The molecule has 2 aromatic carbocycles. The van der Waals surface area contributed by atoms with Gasteiger partial charge in [-0.25, -0.2) is 8.78 Å². The second-order valence-electron chi connectivity index (χ2n) is 8.63. The monoisotopic (exact) mass is 451 g/mol. The van der Waals surface area contributed by atoms with Crippen molar-refractivity contribution in [1.29, 1.82) is 0 Å². The number of hydrogen-bond acceptors (Lipinski definition) is 2. The smallest absolute Gasteiger partial charge is 0.391 e. The molecule has 3 nitrogen and oxygen atoms in total. The molecule has 0 unspecified atom stereocenters.